The average molecular weight is 422 g/mol. The fourth-order valence-electron chi connectivity index (χ4n) is 3.75. The van der Waals surface area contributed by atoms with Crippen molar-refractivity contribution < 1.29 is 19.2 Å². The minimum absolute atomic E-state index is 0.0351. The number of benzene rings is 2. The van der Waals surface area contributed by atoms with Crippen LogP contribution in [0.3, 0.4) is 0 Å². The smallest absolute Gasteiger partial charge is 0.311 e. The van der Waals surface area contributed by atoms with E-state index in [0.29, 0.717) is 25.2 Å². The van der Waals surface area contributed by atoms with Crippen LogP contribution in [0.5, 0.6) is 0 Å². The lowest BCUT2D eigenvalue weighted by Crippen LogP contribution is -2.27. The van der Waals surface area contributed by atoms with Crippen LogP contribution in [-0.2, 0) is 20.9 Å². The molecule has 0 bridgehead atoms. The lowest BCUT2D eigenvalue weighted by molar-refractivity contribution is -0.384. The molecule has 1 atom stereocenters. The third-order valence-electron chi connectivity index (χ3n) is 5.35. The first-order valence-corrected chi connectivity index (χ1v) is 10.1. The minimum atomic E-state index is -0.578. The molecule has 0 aromatic heterocycles. The molecular weight excluding hydrogens is 400 g/mol. The van der Waals surface area contributed by atoms with Gasteiger partial charge in [-0.15, -0.1) is 0 Å². The molecule has 1 unspecified atom stereocenters. The molecule has 0 radical (unpaired) electrons. The molecule has 2 aromatic carbocycles. The van der Waals surface area contributed by atoms with Gasteiger partial charge in [0.15, 0.2) is 0 Å². The maximum atomic E-state index is 12.4. The number of non-ortho nitro benzene ring substituents is 1. The van der Waals surface area contributed by atoms with Gasteiger partial charge in [0.2, 0.25) is 5.91 Å². The Bertz CT molecular complexity index is 1050. The summed E-state index contributed by atoms with van der Waals surface area (Å²) in [4.78, 5) is 41.0. The number of esters is 1. The first-order valence-electron chi connectivity index (χ1n) is 10.1. The van der Waals surface area contributed by atoms with Gasteiger partial charge >= 0.3 is 5.97 Å². The molecule has 2 aliphatic heterocycles. The summed E-state index contributed by atoms with van der Waals surface area (Å²) in [5.41, 5.74) is 2.61. The van der Waals surface area contributed by atoms with Crippen LogP contribution >= 0.6 is 0 Å². The van der Waals surface area contributed by atoms with Crippen LogP contribution in [0.15, 0.2) is 53.5 Å². The lowest BCUT2D eigenvalue weighted by Gasteiger charge is -2.16. The summed E-state index contributed by atoms with van der Waals surface area (Å²) in [5.74, 6) is -0.395. The third-order valence-corrected chi connectivity index (χ3v) is 5.35. The van der Waals surface area contributed by atoms with Gasteiger partial charge in [0, 0.05) is 37.2 Å². The van der Waals surface area contributed by atoms with Crippen LogP contribution in [0, 0.1) is 16.0 Å². The van der Waals surface area contributed by atoms with E-state index in [1.54, 1.807) is 6.07 Å². The highest BCUT2D eigenvalue weighted by Crippen LogP contribution is 2.28. The second kappa shape index (κ2) is 8.95. The predicted molar refractivity (Wildman–Crippen MR) is 114 cm³/mol. The summed E-state index contributed by atoms with van der Waals surface area (Å²) in [6.45, 7) is 1.68. The third kappa shape index (κ3) is 4.55. The van der Waals surface area contributed by atoms with Crippen molar-refractivity contribution in [3.63, 3.8) is 0 Å². The lowest BCUT2D eigenvalue weighted by atomic mass is 10.1. The SMILES string of the molecule is O=C(OCCCNC1=NCc2ccccc21)C1CC(=O)N(c2cccc([N+](=O)[O-])c2)C1. The number of amidine groups is 1. The number of carbonyl (C=O) groups is 2. The number of nitrogens with one attached hydrogen (secondary N) is 1. The number of fused-ring (bicyclic) bond motifs is 1. The van der Waals surface area contributed by atoms with Gasteiger partial charge in [0.1, 0.15) is 5.84 Å². The highest BCUT2D eigenvalue weighted by atomic mass is 16.6. The van der Waals surface area contributed by atoms with Gasteiger partial charge < -0.3 is 15.0 Å². The van der Waals surface area contributed by atoms with E-state index in [1.807, 2.05) is 18.2 Å². The van der Waals surface area contributed by atoms with E-state index in [-0.39, 0.29) is 31.2 Å². The summed E-state index contributed by atoms with van der Waals surface area (Å²) in [6, 6.07) is 13.9. The molecular formula is C22H22N4O5. The molecule has 9 heteroatoms. The first kappa shape index (κ1) is 20.5. The zero-order chi connectivity index (χ0) is 21.8. The number of amides is 1. The molecule has 1 amide bonds. The van der Waals surface area contributed by atoms with Gasteiger partial charge in [-0.25, -0.2) is 0 Å². The fourth-order valence-corrected chi connectivity index (χ4v) is 3.75. The molecule has 4 rings (SSSR count). The Morgan fingerprint density at radius 2 is 2.10 bits per heavy atom. The quantitative estimate of drug-likeness (QED) is 0.317. The number of nitro benzene ring substituents is 1. The maximum Gasteiger partial charge on any atom is 0.311 e. The standard InChI is InChI=1S/C22H22N4O5/c27-20-11-16(14-25(20)17-6-3-7-18(12-17)26(29)30)22(28)31-10-4-9-23-21-19-8-2-1-5-15(19)13-24-21/h1-3,5-8,12,16H,4,9-11,13-14H2,(H,23,24). The number of rotatable bonds is 7. The number of hydrogen-bond donors (Lipinski definition) is 1. The molecule has 160 valence electrons. The van der Waals surface area contributed by atoms with Crippen molar-refractivity contribution in [2.45, 2.75) is 19.4 Å². The Kier molecular flexibility index (Phi) is 5.92. The molecule has 2 aliphatic rings. The van der Waals surface area contributed by atoms with Crippen molar-refractivity contribution in [2.75, 3.05) is 24.6 Å². The topological polar surface area (TPSA) is 114 Å². The normalized spacial score (nSPS) is 17.3. The zero-order valence-electron chi connectivity index (χ0n) is 16.8. The molecule has 1 N–H and O–H groups in total. The average Bonchev–Trinajstić information content (AvgIpc) is 3.37. The first-order chi connectivity index (χ1) is 15.0. The number of aliphatic imine (C=N–C) groups is 1. The number of nitro groups is 1. The van der Waals surface area contributed by atoms with Crippen molar-refractivity contribution in [3.8, 4) is 0 Å². The monoisotopic (exact) mass is 422 g/mol. The molecule has 0 saturated carbocycles. The number of nitrogens with zero attached hydrogens (tertiary/aromatic N) is 3. The van der Waals surface area contributed by atoms with Gasteiger partial charge in [-0.05, 0) is 18.1 Å². The van der Waals surface area contributed by atoms with Crippen molar-refractivity contribution >= 4 is 29.1 Å². The maximum absolute atomic E-state index is 12.4. The molecule has 0 aliphatic carbocycles. The van der Waals surface area contributed by atoms with Crippen molar-refractivity contribution in [1.82, 2.24) is 5.32 Å². The van der Waals surface area contributed by atoms with Gasteiger partial charge in [-0.2, -0.15) is 0 Å². The van der Waals surface area contributed by atoms with Crippen LogP contribution in [0.2, 0.25) is 0 Å². The van der Waals surface area contributed by atoms with Gasteiger partial charge in [0.05, 0.1) is 29.7 Å². The van der Waals surface area contributed by atoms with Gasteiger partial charge in [-0.3, -0.25) is 24.7 Å². The van der Waals surface area contributed by atoms with Crippen LogP contribution in [0.1, 0.15) is 24.0 Å². The molecule has 1 saturated heterocycles. The Labute approximate surface area is 178 Å². The van der Waals surface area contributed by atoms with E-state index in [2.05, 4.69) is 16.4 Å². The number of carbonyl (C=O) groups excluding carboxylic acids is 2. The molecule has 2 aromatic rings. The predicted octanol–water partition coefficient (Wildman–Crippen LogP) is 2.43. The Balaban J connectivity index is 1.22. The largest absolute Gasteiger partial charge is 0.465 e. The highest BCUT2D eigenvalue weighted by Gasteiger charge is 2.36. The summed E-state index contributed by atoms with van der Waals surface area (Å²) < 4.78 is 5.35. The van der Waals surface area contributed by atoms with E-state index < -0.39 is 16.8 Å². The molecule has 9 nitrogen and oxygen atoms in total. The van der Waals surface area contributed by atoms with Gasteiger partial charge in [-0.1, -0.05) is 30.3 Å². The Hall–Kier alpha value is -3.75. The Morgan fingerprint density at radius 1 is 1.26 bits per heavy atom. The highest BCUT2D eigenvalue weighted by molar-refractivity contribution is 6.02. The minimum Gasteiger partial charge on any atom is -0.465 e. The molecule has 31 heavy (non-hydrogen) atoms. The second-order valence-corrected chi connectivity index (χ2v) is 7.45. The van der Waals surface area contributed by atoms with E-state index in [4.69, 9.17) is 4.74 Å². The molecule has 2 heterocycles. The summed E-state index contributed by atoms with van der Waals surface area (Å²) >= 11 is 0. The number of ether oxygens (including phenoxy) is 1. The Morgan fingerprint density at radius 3 is 2.94 bits per heavy atom. The van der Waals surface area contributed by atoms with E-state index in [9.17, 15) is 19.7 Å². The number of anilines is 1. The summed E-state index contributed by atoms with van der Waals surface area (Å²) in [6.07, 6.45) is 0.648. The van der Waals surface area contributed by atoms with E-state index in [1.165, 1.54) is 28.7 Å². The van der Waals surface area contributed by atoms with Crippen LogP contribution in [0.4, 0.5) is 11.4 Å². The fraction of sp³-hybridized carbons (Fsp3) is 0.318. The molecule has 1 fully saturated rings. The van der Waals surface area contributed by atoms with Crippen molar-refractivity contribution in [2.24, 2.45) is 10.9 Å². The number of hydrogen-bond acceptors (Lipinski definition) is 7. The van der Waals surface area contributed by atoms with Crippen LogP contribution in [0.25, 0.3) is 0 Å². The summed E-state index contributed by atoms with van der Waals surface area (Å²) in [7, 11) is 0. The van der Waals surface area contributed by atoms with E-state index >= 15 is 0 Å². The zero-order valence-corrected chi connectivity index (χ0v) is 16.8. The van der Waals surface area contributed by atoms with Gasteiger partial charge in [0.25, 0.3) is 5.69 Å². The van der Waals surface area contributed by atoms with Crippen LogP contribution in [-0.4, -0.2) is 42.3 Å². The molecule has 0 spiro atoms. The summed E-state index contributed by atoms with van der Waals surface area (Å²) in [5, 5.41) is 14.2. The van der Waals surface area contributed by atoms with Crippen molar-refractivity contribution in [3.05, 3.63) is 69.8 Å². The van der Waals surface area contributed by atoms with Crippen molar-refractivity contribution in [1.29, 1.82) is 0 Å². The van der Waals surface area contributed by atoms with E-state index in [0.717, 1.165) is 11.4 Å². The second-order valence-electron chi connectivity index (χ2n) is 7.45. The van der Waals surface area contributed by atoms with Crippen LogP contribution < -0.4 is 10.2 Å².